The Bertz CT molecular complexity index is 591. The first kappa shape index (κ1) is 14.2. The van der Waals surface area contributed by atoms with Crippen LogP contribution in [0, 0.1) is 0 Å². The number of ether oxygens (including phenoxy) is 1. The van der Waals surface area contributed by atoms with E-state index in [1.165, 1.54) is 11.3 Å². The molecule has 1 amide bonds. The largest absolute Gasteiger partial charge is 0.373 e. The van der Waals surface area contributed by atoms with Crippen molar-refractivity contribution in [3.63, 3.8) is 0 Å². The molecule has 0 unspecified atom stereocenters. The molecule has 3 rings (SSSR count). The van der Waals surface area contributed by atoms with Crippen molar-refractivity contribution < 1.29 is 9.53 Å². The highest BCUT2D eigenvalue weighted by molar-refractivity contribution is 7.14. The predicted molar refractivity (Wildman–Crippen MR) is 82.5 cm³/mol. The number of nitrogens with zero attached hydrogens (tertiary/aromatic N) is 1. The first-order chi connectivity index (χ1) is 10.3. The van der Waals surface area contributed by atoms with Gasteiger partial charge in [0, 0.05) is 36.3 Å². The molecule has 4 nitrogen and oxygen atoms in total. The maximum atomic E-state index is 12.1. The average molecular weight is 302 g/mol. The van der Waals surface area contributed by atoms with E-state index in [0.717, 1.165) is 41.3 Å². The van der Waals surface area contributed by atoms with Crippen LogP contribution in [-0.4, -0.2) is 24.0 Å². The van der Waals surface area contributed by atoms with Crippen LogP contribution in [0.25, 0.3) is 0 Å². The highest BCUT2D eigenvalue weighted by atomic mass is 32.1. The number of aromatic nitrogens is 1. The number of amides is 1. The third kappa shape index (κ3) is 3.68. The Labute approximate surface area is 128 Å². The molecule has 0 bridgehead atoms. The lowest BCUT2D eigenvalue weighted by atomic mass is 10.2. The molecule has 3 heterocycles. The zero-order valence-corrected chi connectivity index (χ0v) is 12.6. The fourth-order valence-electron chi connectivity index (χ4n) is 2.39. The minimum atomic E-state index is -0.0137. The molecule has 110 valence electrons. The van der Waals surface area contributed by atoms with E-state index in [2.05, 4.69) is 10.3 Å². The minimum Gasteiger partial charge on any atom is -0.373 e. The fraction of sp³-hybridized carbons (Fsp3) is 0.375. The van der Waals surface area contributed by atoms with E-state index in [-0.39, 0.29) is 12.0 Å². The normalized spacial score (nSPS) is 17.8. The van der Waals surface area contributed by atoms with E-state index in [1.54, 1.807) is 6.20 Å². The Morgan fingerprint density at radius 3 is 3.10 bits per heavy atom. The molecule has 1 fully saturated rings. The van der Waals surface area contributed by atoms with Gasteiger partial charge in [0.05, 0.1) is 11.0 Å². The van der Waals surface area contributed by atoms with E-state index >= 15 is 0 Å². The number of nitrogens with one attached hydrogen (secondary N) is 1. The molecule has 1 aliphatic rings. The summed E-state index contributed by atoms with van der Waals surface area (Å²) in [6.07, 6.45) is 4.86. The molecule has 0 aromatic carbocycles. The van der Waals surface area contributed by atoms with Crippen LogP contribution >= 0.6 is 11.3 Å². The molecule has 2 aromatic rings. The lowest BCUT2D eigenvalue weighted by Crippen LogP contribution is -2.25. The molecule has 1 atom stereocenters. The molecule has 0 spiro atoms. The average Bonchev–Trinajstić information content (AvgIpc) is 3.19. The van der Waals surface area contributed by atoms with Crippen molar-refractivity contribution in [3.8, 4) is 0 Å². The van der Waals surface area contributed by atoms with Crippen molar-refractivity contribution in [2.24, 2.45) is 0 Å². The first-order valence-corrected chi connectivity index (χ1v) is 8.04. The van der Waals surface area contributed by atoms with Crippen LogP contribution in [0.3, 0.4) is 0 Å². The van der Waals surface area contributed by atoms with Gasteiger partial charge in [0.1, 0.15) is 0 Å². The van der Waals surface area contributed by atoms with Crippen LogP contribution in [0.4, 0.5) is 0 Å². The van der Waals surface area contributed by atoms with E-state index < -0.39 is 0 Å². The molecule has 5 heteroatoms. The second-order valence-electron chi connectivity index (χ2n) is 5.03. The van der Waals surface area contributed by atoms with Crippen LogP contribution in [-0.2, 0) is 11.2 Å². The van der Waals surface area contributed by atoms with E-state index in [9.17, 15) is 4.79 Å². The monoisotopic (exact) mass is 302 g/mol. The van der Waals surface area contributed by atoms with Gasteiger partial charge in [-0.2, -0.15) is 0 Å². The van der Waals surface area contributed by atoms with E-state index in [4.69, 9.17) is 4.74 Å². The lowest BCUT2D eigenvalue weighted by Gasteiger charge is -2.05. The molecule has 0 radical (unpaired) electrons. The van der Waals surface area contributed by atoms with Gasteiger partial charge in [-0.15, -0.1) is 11.3 Å². The van der Waals surface area contributed by atoms with Crippen LogP contribution in [0.15, 0.2) is 36.5 Å². The van der Waals surface area contributed by atoms with Gasteiger partial charge in [0.15, 0.2) is 0 Å². The van der Waals surface area contributed by atoms with Crippen LogP contribution in [0.5, 0.6) is 0 Å². The van der Waals surface area contributed by atoms with Crippen molar-refractivity contribution in [2.45, 2.75) is 25.4 Å². The zero-order chi connectivity index (χ0) is 14.5. The highest BCUT2D eigenvalue weighted by Gasteiger charge is 2.20. The Morgan fingerprint density at radius 2 is 2.33 bits per heavy atom. The van der Waals surface area contributed by atoms with E-state index in [0.29, 0.717) is 6.54 Å². The second-order valence-corrected chi connectivity index (χ2v) is 6.15. The van der Waals surface area contributed by atoms with Gasteiger partial charge >= 0.3 is 0 Å². The smallest absolute Gasteiger partial charge is 0.261 e. The standard InChI is InChI=1S/C16H18N2O2S/c19-16(18-10-8-12-4-1-2-9-17-12)15-7-6-14(21-15)13-5-3-11-20-13/h1-2,4,6-7,9,13H,3,5,8,10-11H2,(H,18,19)/t13-/m0/s1. The summed E-state index contributed by atoms with van der Waals surface area (Å²) < 4.78 is 5.64. The van der Waals surface area contributed by atoms with Crippen molar-refractivity contribution in [2.75, 3.05) is 13.2 Å². The molecule has 1 N–H and O–H groups in total. The van der Waals surface area contributed by atoms with Crippen molar-refractivity contribution in [1.82, 2.24) is 10.3 Å². The van der Waals surface area contributed by atoms with Gasteiger partial charge in [-0.1, -0.05) is 6.07 Å². The molecule has 0 saturated carbocycles. The van der Waals surface area contributed by atoms with Crippen LogP contribution in [0.1, 0.15) is 39.2 Å². The van der Waals surface area contributed by atoms with Gasteiger partial charge in [0.25, 0.3) is 5.91 Å². The van der Waals surface area contributed by atoms with Gasteiger partial charge in [-0.05, 0) is 37.1 Å². The number of carbonyl (C=O) groups is 1. The molecule has 21 heavy (non-hydrogen) atoms. The van der Waals surface area contributed by atoms with Gasteiger partial charge in [-0.3, -0.25) is 9.78 Å². The fourth-order valence-corrected chi connectivity index (χ4v) is 3.40. The number of hydrogen-bond donors (Lipinski definition) is 1. The Morgan fingerprint density at radius 1 is 1.38 bits per heavy atom. The number of thiophene rings is 1. The molecule has 0 aliphatic carbocycles. The van der Waals surface area contributed by atoms with Crippen molar-refractivity contribution >= 4 is 17.2 Å². The Kier molecular flexibility index (Phi) is 4.62. The SMILES string of the molecule is O=C(NCCc1ccccn1)c1ccc([C@@H]2CCCO2)s1. The van der Waals surface area contributed by atoms with Gasteiger partial charge < -0.3 is 10.1 Å². The third-order valence-electron chi connectivity index (χ3n) is 3.49. The maximum Gasteiger partial charge on any atom is 0.261 e. The van der Waals surface area contributed by atoms with E-state index in [1.807, 2.05) is 30.3 Å². The summed E-state index contributed by atoms with van der Waals surface area (Å²) >= 11 is 1.53. The predicted octanol–water partition coefficient (Wildman–Crippen LogP) is 2.97. The van der Waals surface area contributed by atoms with Crippen molar-refractivity contribution in [1.29, 1.82) is 0 Å². The summed E-state index contributed by atoms with van der Waals surface area (Å²) in [6, 6.07) is 9.70. The number of rotatable bonds is 5. The maximum absolute atomic E-state index is 12.1. The Balaban J connectivity index is 1.51. The molecule has 1 saturated heterocycles. The van der Waals surface area contributed by atoms with Crippen LogP contribution in [0.2, 0.25) is 0 Å². The number of carbonyl (C=O) groups excluding carboxylic acids is 1. The number of pyridine rings is 1. The summed E-state index contributed by atoms with van der Waals surface area (Å²) in [7, 11) is 0. The summed E-state index contributed by atoms with van der Waals surface area (Å²) in [5.41, 5.74) is 0.990. The third-order valence-corrected chi connectivity index (χ3v) is 4.67. The van der Waals surface area contributed by atoms with Gasteiger partial charge in [0.2, 0.25) is 0 Å². The molecular weight excluding hydrogens is 284 g/mol. The second kappa shape index (κ2) is 6.83. The summed E-state index contributed by atoms with van der Waals surface area (Å²) in [4.78, 5) is 18.2. The topological polar surface area (TPSA) is 51.2 Å². The number of hydrogen-bond acceptors (Lipinski definition) is 4. The lowest BCUT2D eigenvalue weighted by molar-refractivity contribution is 0.0958. The quantitative estimate of drug-likeness (QED) is 0.924. The highest BCUT2D eigenvalue weighted by Crippen LogP contribution is 2.33. The first-order valence-electron chi connectivity index (χ1n) is 7.22. The Hall–Kier alpha value is -1.72. The van der Waals surface area contributed by atoms with Crippen LogP contribution < -0.4 is 5.32 Å². The van der Waals surface area contributed by atoms with Crippen molar-refractivity contribution in [3.05, 3.63) is 52.0 Å². The molecule has 2 aromatic heterocycles. The molecular formula is C16H18N2O2S. The minimum absolute atomic E-state index is 0.0137. The summed E-state index contributed by atoms with van der Waals surface area (Å²) in [5.74, 6) is -0.0137. The summed E-state index contributed by atoms with van der Waals surface area (Å²) in [5, 5.41) is 2.94. The van der Waals surface area contributed by atoms with Gasteiger partial charge in [-0.25, -0.2) is 0 Å². The zero-order valence-electron chi connectivity index (χ0n) is 11.7. The summed E-state index contributed by atoms with van der Waals surface area (Å²) in [6.45, 7) is 1.43. The molecule has 1 aliphatic heterocycles.